The predicted molar refractivity (Wildman–Crippen MR) is 63.4 cm³/mol. The molecule has 1 unspecified atom stereocenters. The molecule has 1 aliphatic heterocycles. The zero-order valence-electron chi connectivity index (χ0n) is 10.3. The number of alkyl halides is 3. The summed E-state index contributed by atoms with van der Waals surface area (Å²) in [6, 6.07) is 4.94. The third-order valence-electron chi connectivity index (χ3n) is 2.94. The fourth-order valence-corrected chi connectivity index (χ4v) is 2.05. The lowest BCUT2D eigenvalue weighted by Gasteiger charge is -2.16. The normalized spacial score (nSPS) is 18.7. The fourth-order valence-electron chi connectivity index (χ4n) is 2.05. The maximum absolute atomic E-state index is 12.6. The molecule has 2 rings (SSSR count). The summed E-state index contributed by atoms with van der Waals surface area (Å²) in [5.74, 6) is 0. The number of rotatable bonds is 4. The molecule has 1 atom stereocenters. The molecule has 0 amide bonds. The Labute approximate surface area is 109 Å². The van der Waals surface area contributed by atoms with Gasteiger partial charge in [0.15, 0.2) is 6.29 Å². The van der Waals surface area contributed by atoms with Crippen LogP contribution < -0.4 is 5.73 Å². The molecule has 1 aromatic carbocycles. The molecule has 0 spiro atoms. The molecule has 1 heterocycles. The highest BCUT2D eigenvalue weighted by Gasteiger charge is 2.30. The number of hydrogen-bond acceptors (Lipinski definition) is 3. The van der Waals surface area contributed by atoms with Crippen molar-refractivity contribution in [2.24, 2.45) is 5.73 Å². The van der Waals surface area contributed by atoms with Crippen LogP contribution in [0.1, 0.15) is 17.5 Å². The molecule has 3 nitrogen and oxygen atoms in total. The molecule has 1 fully saturated rings. The van der Waals surface area contributed by atoms with E-state index in [1.54, 1.807) is 6.07 Å². The number of benzene rings is 1. The van der Waals surface area contributed by atoms with Crippen LogP contribution in [0.25, 0.3) is 0 Å². The van der Waals surface area contributed by atoms with E-state index >= 15 is 0 Å². The van der Waals surface area contributed by atoms with Crippen LogP contribution in [-0.4, -0.2) is 25.5 Å². The molecule has 2 N–H and O–H groups in total. The monoisotopic (exact) mass is 275 g/mol. The first-order chi connectivity index (χ1) is 8.95. The third kappa shape index (κ3) is 4.19. The lowest BCUT2D eigenvalue weighted by molar-refractivity contribution is -0.137. The van der Waals surface area contributed by atoms with Gasteiger partial charge in [-0.05, 0) is 18.1 Å². The molecule has 0 bridgehead atoms. The Morgan fingerprint density at radius 1 is 1.26 bits per heavy atom. The Kier molecular flexibility index (Phi) is 4.44. The summed E-state index contributed by atoms with van der Waals surface area (Å²) in [5.41, 5.74) is 5.83. The van der Waals surface area contributed by atoms with Crippen LogP contribution in [-0.2, 0) is 22.1 Å². The van der Waals surface area contributed by atoms with E-state index in [0.29, 0.717) is 31.6 Å². The Morgan fingerprint density at radius 2 is 1.95 bits per heavy atom. The van der Waals surface area contributed by atoms with Crippen LogP contribution in [0.4, 0.5) is 13.2 Å². The van der Waals surface area contributed by atoms with Crippen LogP contribution in [0.3, 0.4) is 0 Å². The Balaban J connectivity index is 1.94. The van der Waals surface area contributed by atoms with Gasteiger partial charge in [0.25, 0.3) is 0 Å². The first-order valence-corrected chi connectivity index (χ1v) is 6.10. The first-order valence-electron chi connectivity index (χ1n) is 6.10. The van der Waals surface area contributed by atoms with Gasteiger partial charge in [-0.1, -0.05) is 18.2 Å². The quantitative estimate of drug-likeness (QED) is 0.917. The topological polar surface area (TPSA) is 44.5 Å². The van der Waals surface area contributed by atoms with Crippen LogP contribution in [0.5, 0.6) is 0 Å². The number of hydrogen-bond donors (Lipinski definition) is 1. The zero-order valence-corrected chi connectivity index (χ0v) is 10.3. The summed E-state index contributed by atoms with van der Waals surface area (Å²) < 4.78 is 48.2. The van der Waals surface area contributed by atoms with Crippen LogP contribution in [0.15, 0.2) is 24.3 Å². The van der Waals surface area contributed by atoms with E-state index in [2.05, 4.69) is 0 Å². The molecule has 0 saturated carbocycles. The van der Waals surface area contributed by atoms with Gasteiger partial charge in [-0.25, -0.2) is 0 Å². The van der Waals surface area contributed by atoms with Crippen molar-refractivity contribution in [2.75, 3.05) is 13.2 Å². The maximum atomic E-state index is 12.6. The molecule has 0 aliphatic carbocycles. The van der Waals surface area contributed by atoms with Crippen molar-refractivity contribution in [3.05, 3.63) is 35.4 Å². The Bertz CT molecular complexity index is 417. The molecule has 0 aromatic heterocycles. The van der Waals surface area contributed by atoms with Crippen molar-refractivity contribution in [3.63, 3.8) is 0 Å². The molecular formula is C13H16F3NO2. The minimum atomic E-state index is -4.32. The lowest BCUT2D eigenvalue weighted by atomic mass is 10.0. The van der Waals surface area contributed by atoms with Crippen molar-refractivity contribution < 1.29 is 22.6 Å². The second kappa shape index (κ2) is 5.90. The average molecular weight is 275 g/mol. The predicted octanol–water partition coefficient (Wildman–Crippen LogP) is 2.34. The van der Waals surface area contributed by atoms with Crippen molar-refractivity contribution in [1.82, 2.24) is 0 Å². The maximum Gasteiger partial charge on any atom is 0.416 e. The molecule has 1 aliphatic rings. The van der Waals surface area contributed by atoms with Gasteiger partial charge in [-0.3, -0.25) is 0 Å². The van der Waals surface area contributed by atoms with Gasteiger partial charge in [0, 0.05) is 12.5 Å². The lowest BCUT2D eigenvalue weighted by Crippen LogP contribution is -2.28. The molecular weight excluding hydrogens is 259 g/mol. The first kappa shape index (κ1) is 14.3. The minimum Gasteiger partial charge on any atom is -0.350 e. The summed E-state index contributed by atoms with van der Waals surface area (Å²) >= 11 is 0. The number of ether oxygens (including phenoxy) is 2. The van der Waals surface area contributed by atoms with E-state index in [0.717, 1.165) is 12.1 Å². The van der Waals surface area contributed by atoms with Gasteiger partial charge < -0.3 is 15.2 Å². The smallest absolute Gasteiger partial charge is 0.350 e. The van der Waals surface area contributed by atoms with Crippen molar-refractivity contribution >= 4 is 0 Å². The number of nitrogens with two attached hydrogens (primary N) is 1. The van der Waals surface area contributed by atoms with Gasteiger partial charge >= 0.3 is 6.18 Å². The van der Waals surface area contributed by atoms with E-state index in [9.17, 15) is 13.2 Å². The van der Waals surface area contributed by atoms with Gasteiger partial charge in [-0.2, -0.15) is 13.2 Å². The molecule has 6 heteroatoms. The summed E-state index contributed by atoms with van der Waals surface area (Å²) in [5, 5.41) is 0. The second-order valence-corrected chi connectivity index (χ2v) is 4.57. The third-order valence-corrected chi connectivity index (χ3v) is 2.94. The van der Waals surface area contributed by atoms with E-state index in [4.69, 9.17) is 15.2 Å². The van der Waals surface area contributed by atoms with E-state index in [-0.39, 0.29) is 12.3 Å². The summed E-state index contributed by atoms with van der Waals surface area (Å²) in [6.07, 6.45) is -3.80. The largest absolute Gasteiger partial charge is 0.416 e. The van der Waals surface area contributed by atoms with E-state index in [1.165, 1.54) is 6.07 Å². The highest BCUT2D eigenvalue weighted by molar-refractivity contribution is 5.26. The molecule has 19 heavy (non-hydrogen) atoms. The van der Waals surface area contributed by atoms with Gasteiger partial charge in [-0.15, -0.1) is 0 Å². The van der Waals surface area contributed by atoms with Crippen LogP contribution in [0.2, 0.25) is 0 Å². The van der Waals surface area contributed by atoms with Gasteiger partial charge in [0.1, 0.15) is 0 Å². The zero-order chi connectivity index (χ0) is 13.9. The van der Waals surface area contributed by atoms with Crippen molar-refractivity contribution in [1.29, 1.82) is 0 Å². The standard InChI is InChI=1S/C13H16F3NO2/c14-13(15,16)10-3-1-2-9(6-10)7-11(17)8-12-18-4-5-19-12/h1-3,6,11-12H,4-5,7-8,17H2. The van der Waals surface area contributed by atoms with Gasteiger partial charge in [0.05, 0.1) is 18.8 Å². The second-order valence-electron chi connectivity index (χ2n) is 4.57. The average Bonchev–Trinajstić information content (AvgIpc) is 2.80. The molecule has 1 aromatic rings. The fraction of sp³-hybridized carbons (Fsp3) is 0.538. The van der Waals surface area contributed by atoms with Crippen molar-refractivity contribution in [3.8, 4) is 0 Å². The summed E-state index contributed by atoms with van der Waals surface area (Å²) in [6.45, 7) is 1.09. The van der Waals surface area contributed by atoms with E-state index < -0.39 is 11.7 Å². The Hall–Kier alpha value is -1.11. The Morgan fingerprint density at radius 3 is 2.58 bits per heavy atom. The summed E-state index contributed by atoms with van der Waals surface area (Å²) in [7, 11) is 0. The molecule has 1 saturated heterocycles. The minimum absolute atomic E-state index is 0.286. The van der Waals surface area contributed by atoms with Crippen molar-refractivity contribution in [2.45, 2.75) is 31.3 Å². The highest BCUT2D eigenvalue weighted by atomic mass is 19.4. The molecule has 0 radical (unpaired) electrons. The van der Waals surface area contributed by atoms with Crippen LogP contribution in [0, 0.1) is 0 Å². The van der Waals surface area contributed by atoms with Crippen LogP contribution >= 0.6 is 0 Å². The number of halogens is 3. The summed E-state index contributed by atoms with van der Waals surface area (Å²) in [4.78, 5) is 0. The highest BCUT2D eigenvalue weighted by Crippen LogP contribution is 2.29. The van der Waals surface area contributed by atoms with E-state index in [1.807, 2.05) is 0 Å². The SMILES string of the molecule is NC(Cc1cccc(C(F)(F)F)c1)CC1OCCO1. The van der Waals surface area contributed by atoms with Gasteiger partial charge in [0.2, 0.25) is 0 Å². The molecule has 106 valence electrons.